The molecule has 2 aromatic carbocycles. The third-order valence-corrected chi connectivity index (χ3v) is 5.83. The van der Waals surface area contributed by atoms with Crippen LogP contribution in [-0.4, -0.2) is 30.5 Å². The van der Waals surface area contributed by atoms with Crippen molar-refractivity contribution in [2.45, 2.75) is 44.7 Å². The molecule has 0 spiro atoms. The fourth-order valence-electron chi connectivity index (χ4n) is 2.74. The van der Waals surface area contributed by atoms with E-state index in [0.29, 0.717) is 11.1 Å². The molecule has 1 atom stereocenters. The first-order valence-electron chi connectivity index (χ1n) is 9.49. The summed E-state index contributed by atoms with van der Waals surface area (Å²) in [6, 6.07) is 12.7. The Labute approximate surface area is 175 Å². The highest BCUT2D eigenvalue weighted by Gasteiger charge is 2.23. The van der Waals surface area contributed by atoms with Crippen LogP contribution in [0.25, 0.3) is 11.4 Å². The molecule has 0 aliphatic carbocycles. The van der Waals surface area contributed by atoms with Crippen molar-refractivity contribution in [1.29, 1.82) is 0 Å². The SMILES string of the molecule is Cc1ccc(S(=O)(=O)N[C@H](C)c2nc(-c3cccc(C(=O)NC(C)C)c3)no2)cc1. The molecule has 2 N–H and O–H groups in total. The van der Waals surface area contributed by atoms with Crippen LogP contribution in [-0.2, 0) is 10.0 Å². The molecule has 0 aliphatic heterocycles. The second-order valence-corrected chi connectivity index (χ2v) is 9.04. The summed E-state index contributed by atoms with van der Waals surface area (Å²) in [5.41, 5.74) is 2.03. The molecule has 0 aliphatic rings. The summed E-state index contributed by atoms with van der Waals surface area (Å²) in [7, 11) is -3.74. The predicted octanol–water partition coefficient (Wildman–Crippen LogP) is 3.22. The number of hydrogen-bond donors (Lipinski definition) is 2. The van der Waals surface area contributed by atoms with Crippen LogP contribution >= 0.6 is 0 Å². The van der Waals surface area contributed by atoms with Gasteiger partial charge in [-0.25, -0.2) is 8.42 Å². The van der Waals surface area contributed by atoms with E-state index in [9.17, 15) is 13.2 Å². The minimum Gasteiger partial charge on any atom is -0.350 e. The van der Waals surface area contributed by atoms with Crippen LogP contribution in [0.4, 0.5) is 0 Å². The van der Waals surface area contributed by atoms with Crippen molar-refractivity contribution in [3.05, 3.63) is 65.5 Å². The Hall–Kier alpha value is -3.04. The van der Waals surface area contributed by atoms with Gasteiger partial charge in [0.15, 0.2) is 0 Å². The van der Waals surface area contributed by atoms with Crippen molar-refractivity contribution >= 4 is 15.9 Å². The van der Waals surface area contributed by atoms with E-state index >= 15 is 0 Å². The minimum atomic E-state index is -3.74. The molecule has 1 amide bonds. The Morgan fingerprint density at radius 3 is 2.43 bits per heavy atom. The summed E-state index contributed by atoms with van der Waals surface area (Å²) in [6.07, 6.45) is 0. The molecular weight excluding hydrogens is 404 g/mol. The highest BCUT2D eigenvalue weighted by Crippen LogP contribution is 2.21. The van der Waals surface area contributed by atoms with E-state index in [1.807, 2.05) is 20.8 Å². The van der Waals surface area contributed by atoms with Gasteiger partial charge in [0, 0.05) is 17.2 Å². The maximum atomic E-state index is 12.6. The van der Waals surface area contributed by atoms with Gasteiger partial charge in [-0.05, 0) is 52.0 Å². The third kappa shape index (κ3) is 5.11. The molecule has 0 bridgehead atoms. The highest BCUT2D eigenvalue weighted by molar-refractivity contribution is 7.89. The van der Waals surface area contributed by atoms with E-state index in [2.05, 4.69) is 20.2 Å². The van der Waals surface area contributed by atoms with Crippen LogP contribution in [0.1, 0.15) is 48.6 Å². The van der Waals surface area contributed by atoms with E-state index < -0.39 is 16.1 Å². The monoisotopic (exact) mass is 428 g/mol. The number of benzene rings is 2. The number of rotatable bonds is 7. The molecule has 3 aromatic rings. The van der Waals surface area contributed by atoms with Gasteiger partial charge in [0.25, 0.3) is 5.91 Å². The number of nitrogens with zero attached hydrogens (tertiary/aromatic N) is 2. The zero-order valence-corrected chi connectivity index (χ0v) is 18.0. The first-order valence-corrected chi connectivity index (χ1v) is 11.0. The van der Waals surface area contributed by atoms with E-state index in [1.54, 1.807) is 43.3 Å². The Morgan fingerprint density at radius 2 is 1.77 bits per heavy atom. The van der Waals surface area contributed by atoms with Gasteiger partial charge in [-0.3, -0.25) is 4.79 Å². The highest BCUT2D eigenvalue weighted by atomic mass is 32.2. The molecule has 158 valence electrons. The largest absolute Gasteiger partial charge is 0.350 e. The number of carbonyl (C=O) groups excluding carboxylic acids is 1. The predicted molar refractivity (Wildman–Crippen MR) is 112 cm³/mol. The molecule has 1 heterocycles. The fourth-order valence-corrected chi connectivity index (χ4v) is 3.94. The standard InChI is InChI=1S/C21H24N4O4S/c1-13(2)22-20(26)17-7-5-6-16(12-17)19-23-21(29-24-19)15(4)25-30(27,28)18-10-8-14(3)9-11-18/h5-13,15,25H,1-4H3,(H,22,26)/t15-/m1/s1. The van der Waals surface area contributed by atoms with Gasteiger partial charge in [0.1, 0.15) is 0 Å². The molecule has 8 nitrogen and oxygen atoms in total. The molecule has 0 unspecified atom stereocenters. The molecule has 0 saturated carbocycles. The van der Waals surface area contributed by atoms with E-state index in [-0.39, 0.29) is 28.6 Å². The summed E-state index contributed by atoms with van der Waals surface area (Å²) in [4.78, 5) is 16.7. The van der Waals surface area contributed by atoms with Crippen molar-refractivity contribution in [2.75, 3.05) is 0 Å². The number of carbonyl (C=O) groups is 1. The maximum Gasteiger partial charge on any atom is 0.251 e. The van der Waals surface area contributed by atoms with Gasteiger partial charge in [-0.15, -0.1) is 0 Å². The molecule has 0 saturated heterocycles. The summed E-state index contributed by atoms with van der Waals surface area (Å²) in [5, 5.41) is 6.76. The van der Waals surface area contributed by atoms with Crippen molar-refractivity contribution < 1.29 is 17.7 Å². The molecular formula is C21H24N4O4S. The lowest BCUT2D eigenvalue weighted by Gasteiger charge is -2.10. The molecule has 30 heavy (non-hydrogen) atoms. The summed E-state index contributed by atoms with van der Waals surface area (Å²) >= 11 is 0. The lowest BCUT2D eigenvalue weighted by Crippen LogP contribution is -2.30. The molecule has 0 fully saturated rings. The van der Waals surface area contributed by atoms with Crippen LogP contribution in [0.3, 0.4) is 0 Å². The van der Waals surface area contributed by atoms with Crippen LogP contribution in [0.15, 0.2) is 57.9 Å². The topological polar surface area (TPSA) is 114 Å². The van der Waals surface area contributed by atoms with Gasteiger partial charge in [0.2, 0.25) is 21.7 Å². The summed E-state index contributed by atoms with van der Waals surface area (Å²) in [5.74, 6) is 0.193. The smallest absolute Gasteiger partial charge is 0.251 e. The molecule has 3 rings (SSSR count). The quantitative estimate of drug-likeness (QED) is 0.597. The van der Waals surface area contributed by atoms with Gasteiger partial charge in [0.05, 0.1) is 10.9 Å². The van der Waals surface area contributed by atoms with Gasteiger partial charge in [-0.1, -0.05) is 35.0 Å². The lowest BCUT2D eigenvalue weighted by molar-refractivity contribution is 0.0943. The zero-order chi connectivity index (χ0) is 21.9. The molecule has 9 heteroatoms. The minimum absolute atomic E-state index is 0.0142. The number of aromatic nitrogens is 2. The number of aryl methyl sites for hydroxylation is 1. The number of nitrogens with one attached hydrogen (secondary N) is 2. The number of sulfonamides is 1. The van der Waals surface area contributed by atoms with Gasteiger partial charge < -0.3 is 9.84 Å². The summed E-state index contributed by atoms with van der Waals surface area (Å²) < 4.78 is 32.9. The number of amides is 1. The molecule has 1 aromatic heterocycles. The van der Waals surface area contributed by atoms with Crippen LogP contribution < -0.4 is 10.0 Å². The average Bonchev–Trinajstić information content (AvgIpc) is 3.18. The second kappa shape index (κ2) is 8.76. The normalized spacial score (nSPS) is 12.7. The Bertz CT molecular complexity index is 1140. The van der Waals surface area contributed by atoms with E-state index in [1.165, 1.54) is 12.1 Å². The molecule has 0 radical (unpaired) electrons. The Balaban J connectivity index is 1.77. The first kappa shape index (κ1) is 21.7. The van der Waals surface area contributed by atoms with Crippen LogP contribution in [0.2, 0.25) is 0 Å². The maximum absolute atomic E-state index is 12.6. The van der Waals surface area contributed by atoms with Crippen LogP contribution in [0, 0.1) is 6.92 Å². The van der Waals surface area contributed by atoms with Crippen molar-refractivity contribution in [1.82, 2.24) is 20.2 Å². The Kier molecular flexibility index (Phi) is 6.33. The number of hydrogen-bond acceptors (Lipinski definition) is 6. The van der Waals surface area contributed by atoms with Crippen LogP contribution in [0.5, 0.6) is 0 Å². The lowest BCUT2D eigenvalue weighted by atomic mass is 10.1. The van der Waals surface area contributed by atoms with Gasteiger partial charge >= 0.3 is 0 Å². The van der Waals surface area contributed by atoms with Crippen molar-refractivity contribution in [2.24, 2.45) is 0 Å². The zero-order valence-electron chi connectivity index (χ0n) is 17.2. The van der Waals surface area contributed by atoms with E-state index in [0.717, 1.165) is 5.56 Å². The summed E-state index contributed by atoms with van der Waals surface area (Å²) in [6.45, 7) is 7.27. The van der Waals surface area contributed by atoms with E-state index in [4.69, 9.17) is 4.52 Å². The Morgan fingerprint density at radius 1 is 1.07 bits per heavy atom. The average molecular weight is 429 g/mol. The first-order chi connectivity index (χ1) is 14.2. The van der Waals surface area contributed by atoms with Crippen molar-refractivity contribution in [3.8, 4) is 11.4 Å². The van der Waals surface area contributed by atoms with Gasteiger partial charge in [-0.2, -0.15) is 9.71 Å². The third-order valence-electron chi connectivity index (χ3n) is 4.28. The second-order valence-electron chi connectivity index (χ2n) is 7.32. The fraction of sp³-hybridized carbons (Fsp3) is 0.286. The van der Waals surface area contributed by atoms with Crippen molar-refractivity contribution in [3.63, 3.8) is 0 Å².